The molecule has 0 bridgehead atoms. The van der Waals surface area contributed by atoms with Crippen molar-refractivity contribution in [2.45, 2.75) is 18.9 Å². The van der Waals surface area contributed by atoms with Gasteiger partial charge in [-0.05, 0) is 18.4 Å². The van der Waals surface area contributed by atoms with Crippen molar-refractivity contribution in [1.82, 2.24) is 4.90 Å². The average Bonchev–Trinajstić information content (AvgIpc) is 2.35. The molecule has 0 saturated carbocycles. The summed E-state index contributed by atoms with van der Waals surface area (Å²) in [7, 11) is 1.44. The summed E-state index contributed by atoms with van der Waals surface area (Å²) >= 11 is 0. The number of hydrogen-bond acceptors (Lipinski definition) is 3. The van der Waals surface area contributed by atoms with Crippen LogP contribution in [0.25, 0.3) is 0 Å². The molecule has 0 aliphatic rings. The summed E-state index contributed by atoms with van der Waals surface area (Å²) in [6.45, 7) is -0.322. The molecule has 0 radical (unpaired) electrons. The van der Waals surface area contributed by atoms with E-state index in [-0.39, 0.29) is 12.5 Å². The van der Waals surface area contributed by atoms with Crippen molar-refractivity contribution in [1.29, 1.82) is 0 Å². The Morgan fingerprint density at radius 2 is 1.94 bits per heavy atom. The van der Waals surface area contributed by atoms with E-state index in [4.69, 9.17) is 10.8 Å². The van der Waals surface area contributed by atoms with Gasteiger partial charge in [0.2, 0.25) is 5.91 Å². The van der Waals surface area contributed by atoms with Crippen molar-refractivity contribution in [3.8, 4) is 0 Å². The number of amides is 1. The molecule has 1 aromatic rings. The van der Waals surface area contributed by atoms with Gasteiger partial charge in [-0.15, -0.1) is 0 Å². The highest BCUT2D eigenvalue weighted by Crippen LogP contribution is 2.05. The topological polar surface area (TPSA) is 83.6 Å². The standard InChI is InChI=1S/C13H18N2O3/c1-15(9-12(16)17)13(18)11(14)8-7-10-5-3-2-4-6-10/h2-6,11H,7-9,14H2,1H3,(H,16,17). The van der Waals surface area contributed by atoms with Crippen LogP contribution in [-0.4, -0.2) is 41.5 Å². The number of nitrogens with zero attached hydrogens (tertiary/aromatic N) is 1. The maximum atomic E-state index is 11.7. The van der Waals surface area contributed by atoms with Crippen LogP contribution >= 0.6 is 0 Å². The Balaban J connectivity index is 2.43. The van der Waals surface area contributed by atoms with Crippen LogP contribution in [0.1, 0.15) is 12.0 Å². The van der Waals surface area contributed by atoms with Gasteiger partial charge >= 0.3 is 5.97 Å². The van der Waals surface area contributed by atoms with Gasteiger partial charge in [-0.2, -0.15) is 0 Å². The summed E-state index contributed by atoms with van der Waals surface area (Å²) < 4.78 is 0. The Kier molecular flexibility index (Phi) is 5.32. The Hall–Kier alpha value is -1.88. The number of carbonyl (C=O) groups excluding carboxylic acids is 1. The maximum absolute atomic E-state index is 11.7. The van der Waals surface area contributed by atoms with E-state index in [1.165, 1.54) is 7.05 Å². The maximum Gasteiger partial charge on any atom is 0.323 e. The quantitative estimate of drug-likeness (QED) is 0.769. The minimum atomic E-state index is -1.04. The zero-order valence-electron chi connectivity index (χ0n) is 10.4. The van der Waals surface area contributed by atoms with Crippen molar-refractivity contribution < 1.29 is 14.7 Å². The Morgan fingerprint density at radius 3 is 2.50 bits per heavy atom. The number of hydrogen-bond donors (Lipinski definition) is 2. The van der Waals surface area contributed by atoms with Gasteiger partial charge in [0.15, 0.2) is 0 Å². The molecule has 5 nitrogen and oxygen atoms in total. The molecule has 0 aliphatic heterocycles. The lowest BCUT2D eigenvalue weighted by molar-refractivity contribution is -0.144. The molecule has 1 atom stereocenters. The van der Waals surface area contributed by atoms with Gasteiger partial charge in [-0.1, -0.05) is 30.3 Å². The van der Waals surface area contributed by atoms with Crippen molar-refractivity contribution >= 4 is 11.9 Å². The van der Waals surface area contributed by atoms with Crippen LogP contribution < -0.4 is 5.73 Å². The van der Waals surface area contributed by atoms with Crippen molar-refractivity contribution in [3.63, 3.8) is 0 Å². The molecule has 0 aromatic heterocycles. The van der Waals surface area contributed by atoms with Crippen LogP contribution in [0.4, 0.5) is 0 Å². The first-order valence-corrected chi connectivity index (χ1v) is 5.77. The molecule has 1 unspecified atom stereocenters. The van der Waals surface area contributed by atoms with E-state index in [0.29, 0.717) is 12.8 Å². The van der Waals surface area contributed by atoms with Gasteiger partial charge in [0.1, 0.15) is 6.54 Å². The largest absolute Gasteiger partial charge is 0.480 e. The predicted molar refractivity (Wildman–Crippen MR) is 68.0 cm³/mol. The highest BCUT2D eigenvalue weighted by atomic mass is 16.4. The summed E-state index contributed by atoms with van der Waals surface area (Å²) in [6.07, 6.45) is 1.21. The summed E-state index contributed by atoms with van der Waals surface area (Å²) in [4.78, 5) is 23.4. The minimum absolute atomic E-state index is 0.322. The third kappa shape index (κ3) is 4.55. The number of carbonyl (C=O) groups is 2. The van der Waals surface area contributed by atoms with Crippen LogP contribution in [-0.2, 0) is 16.0 Å². The molecule has 1 aromatic carbocycles. The second-order valence-corrected chi connectivity index (χ2v) is 4.22. The lowest BCUT2D eigenvalue weighted by Crippen LogP contribution is -2.43. The second-order valence-electron chi connectivity index (χ2n) is 4.22. The lowest BCUT2D eigenvalue weighted by atomic mass is 10.1. The summed E-state index contributed by atoms with van der Waals surface area (Å²) in [5.41, 5.74) is 6.87. The molecular formula is C13H18N2O3. The van der Waals surface area contributed by atoms with Gasteiger partial charge in [0.05, 0.1) is 6.04 Å². The summed E-state index contributed by atoms with van der Waals surface area (Å²) in [5.74, 6) is -1.38. The summed E-state index contributed by atoms with van der Waals surface area (Å²) in [5, 5.41) is 8.59. The van der Waals surface area contributed by atoms with E-state index in [9.17, 15) is 9.59 Å². The monoisotopic (exact) mass is 250 g/mol. The van der Waals surface area contributed by atoms with Crippen LogP contribution in [0.3, 0.4) is 0 Å². The van der Waals surface area contributed by atoms with Gasteiger partial charge < -0.3 is 15.7 Å². The van der Waals surface area contributed by atoms with Crippen LogP contribution in [0, 0.1) is 0 Å². The van der Waals surface area contributed by atoms with Crippen molar-refractivity contribution in [2.75, 3.05) is 13.6 Å². The van der Waals surface area contributed by atoms with Crippen LogP contribution in [0.2, 0.25) is 0 Å². The van der Waals surface area contributed by atoms with Crippen molar-refractivity contribution in [2.24, 2.45) is 5.73 Å². The SMILES string of the molecule is CN(CC(=O)O)C(=O)C(N)CCc1ccccc1. The van der Waals surface area contributed by atoms with E-state index in [1.807, 2.05) is 30.3 Å². The molecule has 3 N–H and O–H groups in total. The number of benzene rings is 1. The highest BCUT2D eigenvalue weighted by Gasteiger charge is 2.19. The van der Waals surface area contributed by atoms with Crippen LogP contribution in [0.15, 0.2) is 30.3 Å². The lowest BCUT2D eigenvalue weighted by Gasteiger charge is -2.19. The molecule has 1 rings (SSSR count). The Labute approximate surface area is 106 Å². The fraction of sp³-hybridized carbons (Fsp3) is 0.385. The van der Waals surface area contributed by atoms with Gasteiger partial charge in [0.25, 0.3) is 0 Å². The van der Waals surface area contributed by atoms with E-state index in [2.05, 4.69) is 0 Å². The predicted octanol–water partition coefficient (Wildman–Crippen LogP) is 0.490. The average molecular weight is 250 g/mol. The molecule has 0 spiro atoms. The smallest absolute Gasteiger partial charge is 0.323 e. The van der Waals surface area contributed by atoms with Crippen molar-refractivity contribution in [3.05, 3.63) is 35.9 Å². The van der Waals surface area contributed by atoms with Gasteiger partial charge in [-0.25, -0.2) is 0 Å². The van der Waals surface area contributed by atoms with E-state index >= 15 is 0 Å². The fourth-order valence-corrected chi connectivity index (χ4v) is 1.65. The van der Waals surface area contributed by atoms with Gasteiger partial charge in [-0.3, -0.25) is 9.59 Å². The molecular weight excluding hydrogens is 232 g/mol. The summed E-state index contributed by atoms with van der Waals surface area (Å²) in [6, 6.07) is 9.07. The van der Waals surface area contributed by atoms with Crippen LogP contribution in [0.5, 0.6) is 0 Å². The number of nitrogens with two attached hydrogens (primary N) is 1. The minimum Gasteiger partial charge on any atom is -0.480 e. The first-order chi connectivity index (χ1) is 8.50. The third-order valence-corrected chi connectivity index (χ3v) is 2.65. The highest BCUT2D eigenvalue weighted by molar-refractivity contribution is 5.84. The first kappa shape index (κ1) is 14.2. The number of aliphatic carboxylic acids is 1. The number of likely N-dealkylation sites (N-methyl/N-ethyl adjacent to an activating group) is 1. The zero-order valence-corrected chi connectivity index (χ0v) is 10.4. The molecule has 98 valence electrons. The third-order valence-electron chi connectivity index (χ3n) is 2.65. The molecule has 0 fully saturated rings. The fourth-order valence-electron chi connectivity index (χ4n) is 1.65. The molecule has 0 saturated heterocycles. The normalized spacial score (nSPS) is 11.9. The molecule has 0 heterocycles. The number of carboxylic acid groups (broad SMARTS) is 1. The zero-order chi connectivity index (χ0) is 13.5. The number of aryl methyl sites for hydroxylation is 1. The molecule has 0 aliphatic carbocycles. The van der Waals surface area contributed by atoms with E-state index < -0.39 is 12.0 Å². The second kappa shape index (κ2) is 6.76. The Bertz CT molecular complexity index is 406. The molecule has 5 heteroatoms. The van der Waals surface area contributed by atoms with E-state index in [1.54, 1.807) is 0 Å². The number of carboxylic acids is 1. The first-order valence-electron chi connectivity index (χ1n) is 5.77. The molecule has 1 amide bonds. The Morgan fingerprint density at radius 1 is 1.33 bits per heavy atom. The van der Waals surface area contributed by atoms with Gasteiger partial charge in [0, 0.05) is 7.05 Å². The van der Waals surface area contributed by atoms with E-state index in [0.717, 1.165) is 10.5 Å². The molecule has 18 heavy (non-hydrogen) atoms. The number of rotatable bonds is 6.